The SMILES string of the molecule is C[C@@H](C(=O)Nc1cccc2ccccc12)N1CCc2ccc(O)cc2CC1. The van der Waals surface area contributed by atoms with E-state index >= 15 is 0 Å². The van der Waals surface area contributed by atoms with Gasteiger partial charge in [-0.3, -0.25) is 9.69 Å². The van der Waals surface area contributed by atoms with Gasteiger partial charge in [0.25, 0.3) is 0 Å². The van der Waals surface area contributed by atoms with Crippen LogP contribution in [0.3, 0.4) is 0 Å². The van der Waals surface area contributed by atoms with E-state index in [4.69, 9.17) is 0 Å². The van der Waals surface area contributed by atoms with Gasteiger partial charge in [-0.2, -0.15) is 0 Å². The third-order valence-electron chi connectivity index (χ3n) is 5.50. The molecule has 1 aliphatic heterocycles. The second-order valence-electron chi connectivity index (χ2n) is 7.18. The van der Waals surface area contributed by atoms with E-state index in [0.29, 0.717) is 5.75 Å². The maximum atomic E-state index is 12.9. The minimum Gasteiger partial charge on any atom is -0.508 e. The summed E-state index contributed by atoms with van der Waals surface area (Å²) in [5.74, 6) is 0.323. The van der Waals surface area contributed by atoms with Gasteiger partial charge in [0.1, 0.15) is 5.75 Å². The Hall–Kier alpha value is -2.85. The monoisotopic (exact) mass is 360 g/mol. The van der Waals surface area contributed by atoms with Gasteiger partial charge in [0.15, 0.2) is 0 Å². The second kappa shape index (κ2) is 7.41. The summed E-state index contributed by atoms with van der Waals surface area (Å²) in [4.78, 5) is 15.1. The molecule has 0 saturated heterocycles. The van der Waals surface area contributed by atoms with Crippen molar-refractivity contribution in [2.24, 2.45) is 0 Å². The number of aromatic hydroxyl groups is 1. The summed E-state index contributed by atoms with van der Waals surface area (Å²) < 4.78 is 0. The Morgan fingerprint density at radius 2 is 1.74 bits per heavy atom. The molecular weight excluding hydrogens is 336 g/mol. The predicted octanol–water partition coefficient (Wildman–Crippen LogP) is 3.97. The summed E-state index contributed by atoms with van der Waals surface area (Å²) in [5.41, 5.74) is 3.30. The number of nitrogens with one attached hydrogen (secondary N) is 1. The largest absolute Gasteiger partial charge is 0.508 e. The maximum Gasteiger partial charge on any atom is 0.241 e. The highest BCUT2D eigenvalue weighted by Gasteiger charge is 2.24. The van der Waals surface area contributed by atoms with Gasteiger partial charge in [0.2, 0.25) is 5.91 Å². The second-order valence-corrected chi connectivity index (χ2v) is 7.18. The van der Waals surface area contributed by atoms with Crippen LogP contribution < -0.4 is 5.32 Å². The Morgan fingerprint density at radius 1 is 1.00 bits per heavy atom. The van der Waals surface area contributed by atoms with E-state index < -0.39 is 0 Å². The molecule has 2 N–H and O–H groups in total. The number of fused-ring (bicyclic) bond motifs is 2. The van der Waals surface area contributed by atoms with Crippen molar-refractivity contribution in [3.05, 3.63) is 71.8 Å². The molecule has 3 aromatic carbocycles. The Bertz CT molecular complexity index is 978. The van der Waals surface area contributed by atoms with E-state index in [9.17, 15) is 9.90 Å². The smallest absolute Gasteiger partial charge is 0.241 e. The first-order valence-electron chi connectivity index (χ1n) is 9.45. The molecule has 0 saturated carbocycles. The lowest BCUT2D eigenvalue weighted by Crippen LogP contribution is -2.43. The molecule has 0 radical (unpaired) electrons. The predicted molar refractivity (Wildman–Crippen MR) is 109 cm³/mol. The number of nitrogens with zero attached hydrogens (tertiary/aromatic N) is 1. The molecule has 1 atom stereocenters. The molecule has 1 heterocycles. The van der Waals surface area contributed by atoms with Crippen LogP contribution in [0.1, 0.15) is 18.1 Å². The number of hydrogen-bond donors (Lipinski definition) is 2. The lowest BCUT2D eigenvalue weighted by molar-refractivity contribution is -0.120. The summed E-state index contributed by atoms with van der Waals surface area (Å²) in [7, 11) is 0. The normalized spacial score (nSPS) is 15.7. The summed E-state index contributed by atoms with van der Waals surface area (Å²) in [6, 6.07) is 19.4. The first kappa shape index (κ1) is 17.6. The van der Waals surface area contributed by atoms with E-state index in [2.05, 4.69) is 22.3 Å². The zero-order valence-electron chi connectivity index (χ0n) is 15.5. The van der Waals surface area contributed by atoms with Gasteiger partial charge in [-0.1, -0.05) is 42.5 Å². The number of anilines is 1. The van der Waals surface area contributed by atoms with Gasteiger partial charge < -0.3 is 10.4 Å². The number of benzene rings is 3. The number of phenols is 1. The fourth-order valence-electron chi connectivity index (χ4n) is 3.85. The topological polar surface area (TPSA) is 52.6 Å². The van der Waals surface area contributed by atoms with Crippen molar-refractivity contribution in [2.45, 2.75) is 25.8 Å². The number of amides is 1. The molecule has 0 aromatic heterocycles. The van der Waals surface area contributed by atoms with Crippen LogP contribution in [0.25, 0.3) is 10.8 Å². The van der Waals surface area contributed by atoms with Crippen molar-refractivity contribution in [1.82, 2.24) is 4.90 Å². The fourth-order valence-corrected chi connectivity index (χ4v) is 3.85. The zero-order valence-corrected chi connectivity index (χ0v) is 15.5. The van der Waals surface area contributed by atoms with Crippen molar-refractivity contribution in [3.63, 3.8) is 0 Å². The molecule has 27 heavy (non-hydrogen) atoms. The van der Waals surface area contributed by atoms with E-state index in [1.807, 2.05) is 49.4 Å². The summed E-state index contributed by atoms with van der Waals surface area (Å²) in [5, 5.41) is 15.0. The van der Waals surface area contributed by atoms with Gasteiger partial charge in [-0.15, -0.1) is 0 Å². The third kappa shape index (κ3) is 3.67. The van der Waals surface area contributed by atoms with Crippen LogP contribution >= 0.6 is 0 Å². The molecule has 4 heteroatoms. The quantitative estimate of drug-likeness (QED) is 0.743. The van der Waals surface area contributed by atoms with Crippen LogP contribution in [-0.4, -0.2) is 35.0 Å². The van der Waals surface area contributed by atoms with Gasteiger partial charge in [-0.25, -0.2) is 0 Å². The minimum absolute atomic E-state index is 0.0140. The summed E-state index contributed by atoms with van der Waals surface area (Å²) >= 11 is 0. The Kier molecular flexibility index (Phi) is 4.82. The zero-order chi connectivity index (χ0) is 18.8. The minimum atomic E-state index is -0.216. The molecular formula is C23H24N2O2. The maximum absolute atomic E-state index is 12.9. The van der Waals surface area contributed by atoms with E-state index in [1.165, 1.54) is 11.1 Å². The average molecular weight is 360 g/mol. The summed E-state index contributed by atoms with van der Waals surface area (Å²) in [6.07, 6.45) is 1.73. The standard InChI is InChI=1S/C23H24N2O2/c1-16(25-13-11-17-9-10-20(26)15-19(17)12-14-25)23(27)24-22-8-4-6-18-5-2-3-7-21(18)22/h2-10,15-16,26H,11-14H2,1H3,(H,24,27)/t16-/m0/s1. The highest BCUT2D eigenvalue weighted by molar-refractivity contribution is 6.03. The highest BCUT2D eigenvalue weighted by Crippen LogP contribution is 2.24. The number of rotatable bonds is 3. The Balaban J connectivity index is 1.48. The van der Waals surface area contributed by atoms with Crippen molar-refractivity contribution >= 4 is 22.4 Å². The van der Waals surface area contributed by atoms with Crippen molar-refractivity contribution in [3.8, 4) is 5.75 Å². The fraction of sp³-hybridized carbons (Fsp3) is 0.261. The molecule has 4 rings (SSSR count). The lowest BCUT2D eigenvalue weighted by Gasteiger charge is -2.26. The van der Waals surface area contributed by atoms with E-state index in [0.717, 1.165) is 42.4 Å². The lowest BCUT2D eigenvalue weighted by atomic mass is 10.0. The van der Waals surface area contributed by atoms with Crippen molar-refractivity contribution in [1.29, 1.82) is 0 Å². The molecule has 138 valence electrons. The third-order valence-corrected chi connectivity index (χ3v) is 5.50. The van der Waals surface area contributed by atoms with Crippen LogP contribution in [0.15, 0.2) is 60.7 Å². The van der Waals surface area contributed by atoms with Crippen LogP contribution in [-0.2, 0) is 17.6 Å². The van der Waals surface area contributed by atoms with Gasteiger partial charge in [0.05, 0.1) is 6.04 Å². The summed E-state index contributed by atoms with van der Waals surface area (Å²) in [6.45, 7) is 3.61. The van der Waals surface area contributed by atoms with Crippen molar-refractivity contribution < 1.29 is 9.90 Å². The molecule has 0 aliphatic carbocycles. The first-order valence-corrected chi connectivity index (χ1v) is 9.45. The number of phenolic OH excluding ortho intramolecular Hbond substituents is 1. The van der Waals surface area contributed by atoms with E-state index in [1.54, 1.807) is 6.07 Å². The van der Waals surface area contributed by atoms with E-state index in [-0.39, 0.29) is 11.9 Å². The van der Waals surface area contributed by atoms with Gasteiger partial charge in [-0.05, 0) is 54.5 Å². The number of carbonyl (C=O) groups excluding carboxylic acids is 1. The molecule has 4 nitrogen and oxygen atoms in total. The molecule has 0 bridgehead atoms. The van der Waals surface area contributed by atoms with Crippen LogP contribution in [0.4, 0.5) is 5.69 Å². The van der Waals surface area contributed by atoms with Crippen LogP contribution in [0.5, 0.6) is 5.75 Å². The molecule has 3 aromatic rings. The molecule has 0 spiro atoms. The average Bonchev–Trinajstić information content (AvgIpc) is 2.90. The van der Waals surface area contributed by atoms with Gasteiger partial charge >= 0.3 is 0 Å². The number of carbonyl (C=O) groups is 1. The van der Waals surface area contributed by atoms with Crippen LogP contribution in [0.2, 0.25) is 0 Å². The Morgan fingerprint density at radius 3 is 2.59 bits per heavy atom. The molecule has 1 aliphatic rings. The molecule has 1 amide bonds. The number of hydrogen-bond acceptors (Lipinski definition) is 3. The molecule has 0 unspecified atom stereocenters. The Labute approximate surface area is 159 Å². The first-order chi connectivity index (χ1) is 13.1. The van der Waals surface area contributed by atoms with Crippen molar-refractivity contribution in [2.75, 3.05) is 18.4 Å². The molecule has 0 fully saturated rings. The van der Waals surface area contributed by atoms with Gasteiger partial charge in [0, 0.05) is 24.2 Å². The van der Waals surface area contributed by atoms with Crippen LogP contribution in [0, 0.1) is 0 Å². The highest BCUT2D eigenvalue weighted by atomic mass is 16.3.